The van der Waals surface area contributed by atoms with Gasteiger partial charge in [0.25, 0.3) is 0 Å². The standard InChI is InChI=1S/C20H19N3O3S2/c1-14(24)23-10-9-16-11-18(7-8-19(16)23)28(25,26)21-12-17-13-27-20(22-17)15-5-3-2-4-6-15/h2-8,11,13,21H,9-10,12H2,1H3. The molecule has 4 rings (SSSR count). The van der Waals surface area contributed by atoms with Crippen LogP contribution in [0.15, 0.2) is 58.8 Å². The molecule has 2 aromatic carbocycles. The average Bonchev–Trinajstić information content (AvgIpc) is 3.34. The van der Waals surface area contributed by atoms with Crippen LogP contribution < -0.4 is 9.62 Å². The second-order valence-corrected chi connectivity index (χ2v) is 9.17. The van der Waals surface area contributed by atoms with Gasteiger partial charge < -0.3 is 4.90 Å². The molecule has 1 amide bonds. The van der Waals surface area contributed by atoms with Crippen molar-refractivity contribution in [2.24, 2.45) is 0 Å². The molecule has 1 aliphatic heterocycles. The third kappa shape index (κ3) is 3.71. The van der Waals surface area contributed by atoms with Gasteiger partial charge in [0.2, 0.25) is 15.9 Å². The zero-order valence-electron chi connectivity index (χ0n) is 15.3. The molecule has 3 aromatic rings. The lowest BCUT2D eigenvalue weighted by Crippen LogP contribution is -2.26. The summed E-state index contributed by atoms with van der Waals surface area (Å²) in [6.07, 6.45) is 0.658. The van der Waals surface area contributed by atoms with Crippen molar-refractivity contribution in [1.82, 2.24) is 9.71 Å². The summed E-state index contributed by atoms with van der Waals surface area (Å²) in [5.41, 5.74) is 3.35. The molecule has 0 spiro atoms. The topological polar surface area (TPSA) is 79.4 Å². The molecule has 0 saturated heterocycles. The number of aromatic nitrogens is 1. The molecule has 0 fully saturated rings. The molecule has 0 bridgehead atoms. The predicted molar refractivity (Wildman–Crippen MR) is 110 cm³/mol. The minimum Gasteiger partial charge on any atom is -0.312 e. The molecule has 1 aromatic heterocycles. The largest absolute Gasteiger partial charge is 0.312 e. The molecule has 2 heterocycles. The highest BCUT2D eigenvalue weighted by molar-refractivity contribution is 7.89. The molecule has 0 aliphatic carbocycles. The van der Waals surface area contributed by atoms with Crippen LogP contribution in [0.5, 0.6) is 0 Å². The lowest BCUT2D eigenvalue weighted by Gasteiger charge is -2.15. The number of fused-ring (bicyclic) bond motifs is 1. The van der Waals surface area contributed by atoms with Crippen LogP contribution in [0.1, 0.15) is 18.2 Å². The van der Waals surface area contributed by atoms with Gasteiger partial charge in [0.15, 0.2) is 0 Å². The lowest BCUT2D eigenvalue weighted by atomic mass is 10.2. The van der Waals surface area contributed by atoms with E-state index in [9.17, 15) is 13.2 Å². The molecule has 0 atom stereocenters. The molecule has 0 saturated carbocycles. The number of carbonyl (C=O) groups excluding carboxylic acids is 1. The van der Waals surface area contributed by atoms with Crippen LogP contribution in [0.4, 0.5) is 5.69 Å². The number of nitrogens with zero attached hydrogens (tertiary/aromatic N) is 2. The van der Waals surface area contributed by atoms with E-state index in [-0.39, 0.29) is 17.3 Å². The van der Waals surface area contributed by atoms with E-state index in [1.165, 1.54) is 18.3 Å². The van der Waals surface area contributed by atoms with Crippen molar-refractivity contribution in [3.05, 3.63) is 65.2 Å². The summed E-state index contributed by atoms with van der Waals surface area (Å²) in [7, 11) is -3.66. The van der Waals surface area contributed by atoms with E-state index in [0.29, 0.717) is 18.7 Å². The molecular weight excluding hydrogens is 394 g/mol. The summed E-state index contributed by atoms with van der Waals surface area (Å²) in [4.78, 5) is 18.0. The Morgan fingerprint density at radius 1 is 1.21 bits per heavy atom. The molecule has 144 valence electrons. The second-order valence-electron chi connectivity index (χ2n) is 6.55. The fourth-order valence-corrected chi connectivity index (χ4v) is 5.10. The van der Waals surface area contributed by atoms with Crippen molar-refractivity contribution in [2.45, 2.75) is 24.8 Å². The summed E-state index contributed by atoms with van der Waals surface area (Å²) >= 11 is 1.48. The Morgan fingerprint density at radius 3 is 2.75 bits per heavy atom. The maximum absolute atomic E-state index is 12.7. The van der Waals surface area contributed by atoms with Crippen molar-refractivity contribution in [3.63, 3.8) is 0 Å². The number of amides is 1. The number of benzene rings is 2. The summed E-state index contributed by atoms with van der Waals surface area (Å²) in [5.74, 6) is -0.0368. The first kappa shape index (κ1) is 18.8. The molecule has 8 heteroatoms. The number of anilines is 1. The number of hydrogen-bond acceptors (Lipinski definition) is 5. The highest BCUT2D eigenvalue weighted by Crippen LogP contribution is 2.30. The number of nitrogens with one attached hydrogen (secondary N) is 1. The third-order valence-electron chi connectivity index (χ3n) is 4.65. The van der Waals surface area contributed by atoms with E-state index < -0.39 is 10.0 Å². The van der Waals surface area contributed by atoms with Gasteiger partial charge in [-0.1, -0.05) is 30.3 Å². The first-order chi connectivity index (χ1) is 13.4. The number of carbonyl (C=O) groups is 1. The van der Waals surface area contributed by atoms with Crippen LogP contribution in [0.2, 0.25) is 0 Å². The number of hydrogen-bond donors (Lipinski definition) is 1. The molecule has 28 heavy (non-hydrogen) atoms. The van der Waals surface area contributed by atoms with Crippen molar-refractivity contribution in [2.75, 3.05) is 11.4 Å². The molecule has 6 nitrogen and oxygen atoms in total. The minimum atomic E-state index is -3.66. The van der Waals surface area contributed by atoms with Crippen molar-refractivity contribution < 1.29 is 13.2 Å². The van der Waals surface area contributed by atoms with Crippen molar-refractivity contribution >= 4 is 33.0 Å². The Labute approximate surface area is 167 Å². The van der Waals surface area contributed by atoms with Gasteiger partial charge in [-0.15, -0.1) is 11.3 Å². The zero-order valence-corrected chi connectivity index (χ0v) is 16.9. The Morgan fingerprint density at radius 2 is 2.00 bits per heavy atom. The molecule has 0 radical (unpaired) electrons. The highest BCUT2D eigenvalue weighted by atomic mass is 32.2. The molecule has 0 unspecified atom stereocenters. The van der Waals surface area contributed by atoms with Crippen LogP contribution in [-0.4, -0.2) is 25.9 Å². The Bertz CT molecular complexity index is 1120. The first-order valence-electron chi connectivity index (χ1n) is 8.84. The van der Waals surface area contributed by atoms with Crippen LogP contribution in [0.25, 0.3) is 10.6 Å². The Hall–Kier alpha value is -2.55. The van der Waals surface area contributed by atoms with Gasteiger partial charge in [-0.25, -0.2) is 18.1 Å². The summed E-state index contributed by atoms with van der Waals surface area (Å²) in [5, 5.41) is 2.72. The fraction of sp³-hybridized carbons (Fsp3) is 0.200. The second kappa shape index (κ2) is 7.46. The third-order valence-corrected chi connectivity index (χ3v) is 6.99. The van der Waals surface area contributed by atoms with Crippen molar-refractivity contribution in [3.8, 4) is 10.6 Å². The number of rotatable bonds is 5. The molecular formula is C20H19N3O3S2. The van der Waals surface area contributed by atoms with E-state index in [1.54, 1.807) is 23.1 Å². The normalized spacial score (nSPS) is 13.5. The van der Waals surface area contributed by atoms with E-state index in [1.807, 2.05) is 35.7 Å². The predicted octanol–water partition coefficient (Wildman–Crippen LogP) is 3.20. The Balaban J connectivity index is 1.48. The Kier molecular flexibility index (Phi) is 5.01. The number of thiazole rings is 1. The number of sulfonamides is 1. The zero-order chi connectivity index (χ0) is 19.7. The van der Waals surface area contributed by atoms with Gasteiger partial charge in [0.1, 0.15) is 5.01 Å². The monoisotopic (exact) mass is 413 g/mol. The maximum atomic E-state index is 12.7. The minimum absolute atomic E-state index is 0.0368. The van der Waals surface area contributed by atoms with Gasteiger partial charge in [-0.2, -0.15) is 0 Å². The van der Waals surface area contributed by atoms with Gasteiger partial charge in [0.05, 0.1) is 17.1 Å². The quantitative estimate of drug-likeness (QED) is 0.697. The summed E-state index contributed by atoms with van der Waals surface area (Å²) in [6, 6.07) is 14.7. The van der Waals surface area contributed by atoms with Crippen LogP contribution in [0.3, 0.4) is 0 Å². The summed E-state index contributed by atoms with van der Waals surface area (Å²) < 4.78 is 28.0. The van der Waals surface area contributed by atoms with Gasteiger partial charge in [0, 0.05) is 30.1 Å². The lowest BCUT2D eigenvalue weighted by molar-refractivity contribution is -0.116. The van der Waals surface area contributed by atoms with E-state index in [2.05, 4.69) is 9.71 Å². The van der Waals surface area contributed by atoms with Crippen LogP contribution in [-0.2, 0) is 27.8 Å². The SMILES string of the molecule is CC(=O)N1CCc2cc(S(=O)(=O)NCc3csc(-c4ccccc4)n3)ccc21. The molecule has 1 aliphatic rings. The summed E-state index contributed by atoms with van der Waals surface area (Å²) in [6.45, 7) is 2.23. The van der Waals surface area contributed by atoms with Crippen molar-refractivity contribution in [1.29, 1.82) is 0 Å². The maximum Gasteiger partial charge on any atom is 0.240 e. The smallest absolute Gasteiger partial charge is 0.240 e. The average molecular weight is 414 g/mol. The highest BCUT2D eigenvalue weighted by Gasteiger charge is 2.24. The van der Waals surface area contributed by atoms with Gasteiger partial charge >= 0.3 is 0 Å². The molecule has 1 N–H and O–H groups in total. The fourth-order valence-electron chi connectivity index (χ4n) is 3.23. The van der Waals surface area contributed by atoms with Gasteiger partial charge in [-0.3, -0.25) is 4.79 Å². The van der Waals surface area contributed by atoms with E-state index in [4.69, 9.17) is 0 Å². The van der Waals surface area contributed by atoms with E-state index >= 15 is 0 Å². The van der Waals surface area contributed by atoms with E-state index in [0.717, 1.165) is 21.8 Å². The van der Waals surface area contributed by atoms with Gasteiger partial charge in [-0.05, 0) is 30.2 Å². The van der Waals surface area contributed by atoms with Crippen LogP contribution in [0, 0.1) is 0 Å². The van der Waals surface area contributed by atoms with Crippen LogP contribution >= 0.6 is 11.3 Å². The first-order valence-corrected chi connectivity index (χ1v) is 11.2.